The van der Waals surface area contributed by atoms with Gasteiger partial charge in [0.05, 0.1) is 12.8 Å². The molecule has 5 heteroatoms. The predicted molar refractivity (Wildman–Crippen MR) is 113 cm³/mol. The lowest BCUT2D eigenvalue weighted by atomic mass is 10.1. The fourth-order valence-electron chi connectivity index (χ4n) is 2.76. The minimum atomic E-state index is 0.620. The maximum Gasteiger partial charge on any atom is 0.181 e. The van der Waals surface area contributed by atoms with Crippen molar-refractivity contribution in [2.24, 2.45) is 0 Å². The van der Waals surface area contributed by atoms with E-state index >= 15 is 0 Å². The Hall–Kier alpha value is -2.27. The lowest BCUT2D eigenvalue weighted by Crippen LogP contribution is -1.97. The topological polar surface area (TPSA) is 47.9 Å². The fraction of sp³-hybridized carbons (Fsp3) is 0.318. The van der Waals surface area contributed by atoms with Crippen molar-refractivity contribution in [2.75, 3.05) is 6.61 Å². The van der Waals surface area contributed by atoms with Gasteiger partial charge in [0, 0.05) is 15.6 Å². The van der Waals surface area contributed by atoms with Crippen LogP contribution in [0.1, 0.15) is 39.0 Å². The van der Waals surface area contributed by atoms with Gasteiger partial charge in [0.2, 0.25) is 0 Å². The number of unbranched alkanes of at least 4 members (excludes halogenated alkanes) is 4. The lowest BCUT2D eigenvalue weighted by molar-refractivity contribution is 0.304. The highest BCUT2D eigenvalue weighted by Gasteiger charge is 2.05. The van der Waals surface area contributed by atoms with E-state index in [1.54, 1.807) is 6.20 Å². The first-order chi connectivity index (χ1) is 13.3. The summed E-state index contributed by atoms with van der Waals surface area (Å²) in [4.78, 5) is 4.44. The number of hydrogen-bond acceptors (Lipinski definition) is 4. The van der Waals surface area contributed by atoms with E-state index < -0.39 is 0 Å². The molecule has 1 heterocycles. The lowest BCUT2D eigenvalue weighted by Gasteiger charge is -2.07. The number of halogens is 1. The summed E-state index contributed by atoms with van der Waals surface area (Å²) >= 11 is 3.43. The molecule has 0 N–H and O–H groups in total. The molecule has 3 rings (SSSR count). The first kappa shape index (κ1) is 19.5. The zero-order valence-electron chi connectivity index (χ0n) is 15.6. The third-order valence-electron chi connectivity index (χ3n) is 4.33. The molecule has 0 fully saturated rings. The molecule has 0 atom stereocenters. The van der Waals surface area contributed by atoms with Crippen LogP contribution < -0.4 is 4.74 Å². The van der Waals surface area contributed by atoms with Crippen molar-refractivity contribution in [3.63, 3.8) is 0 Å². The van der Waals surface area contributed by atoms with Crippen molar-refractivity contribution in [3.8, 4) is 28.4 Å². The number of rotatable bonds is 9. The van der Waals surface area contributed by atoms with Crippen LogP contribution in [0.4, 0.5) is 0 Å². The molecule has 27 heavy (non-hydrogen) atoms. The van der Waals surface area contributed by atoms with Gasteiger partial charge in [-0.25, -0.2) is 4.98 Å². The molecule has 0 unspecified atom stereocenters. The number of nitrogens with zero attached hydrogens (tertiary/aromatic N) is 3. The molecule has 4 nitrogen and oxygen atoms in total. The van der Waals surface area contributed by atoms with E-state index in [-0.39, 0.29) is 0 Å². The molecule has 0 bridgehead atoms. The van der Waals surface area contributed by atoms with Crippen LogP contribution in [0, 0.1) is 0 Å². The second-order valence-corrected chi connectivity index (χ2v) is 7.38. The van der Waals surface area contributed by atoms with Gasteiger partial charge in [-0.15, -0.1) is 10.2 Å². The maximum atomic E-state index is 5.81. The van der Waals surface area contributed by atoms with Crippen LogP contribution >= 0.6 is 15.9 Å². The average molecular weight is 426 g/mol. The van der Waals surface area contributed by atoms with Gasteiger partial charge < -0.3 is 4.74 Å². The Morgan fingerprint density at radius 2 is 1.52 bits per heavy atom. The van der Waals surface area contributed by atoms with E-state index in [1.807, 2.05) is 48.5 Å². The molecule has 2 aromatic carbocycles. The fourth-order valence-corrected chi connectivity index (χ4v) is 3.02. The maximum absolute atomic E-state index is 5.81. The van der Waals surface area contributed by atoms with Gasteiger partial charge in [-0.3, -0.25) is 0 Å². The summed E-state index contributed by atoms with van der Waals surface area (Å²) in [6, 6.07) is 15.8. The minimum Gasteiger partial charge on any atom is -0.494 e. The Labute approximate surface area is 169 Å². The van der Waals surface area contributed by atoms with E-state index in [0.717, 1.165) is 40.1 Å². The summed E-state index contributed by atoms with van der Waals surface area (Å²) in [5.74, 6) is 1.51. The molecule has 3 aromatic rings. The van der Waals surface area contributed by atoms with Gasteiger partial charge in [0.25, 0.3) is 0 Å². The van der Waals surface area contributed by atoms with Crippen LogP contribution in [0.25, 0.3) is 22.6 Å². The van der Waals surface area contributed by atoms with Crippen LogP contribution in [-0.4, -0.2) is 21.8 Å². The van der Waals surface area contributed by atoms with Crippen molar-refractivity contribution in [1.29, 1.82) is 0 Å². The van der Waals surface area contributed by atoms with Gasteiger partial charge in [0.15, 0.2) is 5.82 Å². The molecular weight excluding hydrogens is 402 g/mol. The van der Waals surface area contributed by atoms with Crippen molar-refractivity contribution in [1.82, 2.24) is 15.2 Å². The van der Waals surface area contributed by atoms with Crippen LogP contribution in [0.5, 0.6) is 5.75 Å². The third kappa shape index (κ3) is 5.86. The summed E-state index contributed by atoms with van der Waals surface area (Å²) < 4.78 is 6.84. The van der Waals surface area contributed by atoms with Crippen molar-refractivity contribution in [2.45, 2.75) is 39.0 Å². The highest BCUT2D eigenvalue weighted by Crippen LogP contribution is 2.22. The third-order valence-corrected chi connectivity index (χ3v) is 4.86. The van der Waals surface area contributed by atoms with Gasteiger partial charge >= 0.3 is 0 Å². The molecule has 0 saturated heterocycles. The van der Waals surface area contributed by atoms with Crippen LogP contribution in [0.15, 0.2) is 59.2 Å². The molecular formula is C22H24BrN3O. The Bertz CT molecular complexity index is 818. The van der Waals surface area contributed by atoms with Crippen molar-refractivity contribution < 1.29 is 4.74 Å². The molecule has 0 amide bonds. The Morgan fingerprint density at radius 1 is 0.815 bits per heavy atom. The van der Waals surface area contributed by atoms with Crippen LogP contribution in [0.2, 0.25) is 0 Å². The molecule has 140 valence electrons. The predicted octanol–water partition coefficient (Wildman–Crippen LogP) is 6.32. The second-order valence-electron chi connectivity index (χ2n) is 6.46. The summed E-state index contributed by atoms with van der Waals surface area (Å²) in [5, 5.41) is 8.57. The first-order valence-corrected chi connectivity index (χ1v) is 10.2. The molecule has 0 radical (unpaired) electrons. The quantitative estimate of drug-likeness (QED) is 0.376. The van der Waals surface area contributed by atoms with Crippen LogP contribution in [-0.2, 0) is 0 Å². The van der Waals surface area contributed by atoms with Gasteiger partial charge in [0.1, 0.15) is 11.4 Å². The van der Waals surface area contributed by atoms with Crippen molar-refractivity contribution in [3.05, 3.63) is 59.2 Å². The zero-order chi connectivity index (χ0) is 18.9. The standard InChI is InChI=1S/C22H24BrN3O/c1-2-3-4-5-6-15-27-20-13-9-17(10-14-20)21-16-24-22(26-25-21)18-7-11-19(23)12-8-18/h7-14,16H,2-6,15H2,1H3. The highest BCUT2D eigenvalue weighted by molar-refractivity contribution is 9.10. The Balaban J connectivity index is 1.56. The second kappa shape index (κ2) is 10.2. The summed E-state index contributed by atoms with van der Waals surface area (Å²) in [6.45, 7) is 3.00. The largest absolute Gasteiger partial charge is 0.494 e. The monoisotopic (exact) mass is 425 g/mol. The normalized spacial score (nSPS) is 10.7. The van der Waals surface area contributed by atoms with E-state index in [4.69, 9.17) is 4.74 Å². The number of aromatic nitrogens is 3. The number of benzene rings is 2. The number of hydrogen-bond donors (Lipinski definition) is 0. The van der Waals surface area contributed by atoms with Crippen molar-refractivity contribution >= 4 is 15.9 Å². The number of ether oxygens (including phenoxy) is 1. The molecule has 0 aliphatic rings. The van der Waals surface area contributed by atoms with E-state index in [9.17, 15) is 0 Å². The first-order valence-electron chi connectivity index (χ1n) is 9.45. The smallest absolute Gasteiger partial charge is 0.181 e. The molecule has 0 aliphatic carbocycles. The molecule has 0 aliphatic heterocycles. The minimum absolute atomic E-state index is 0.620. The van der Waals surface area contributed by atoms with E-state index in [0.29, 0.717) is 5.82 Å². The SMILES string of the molecule is CCCCCCCOc1ccc(-c2cnc(-c3ccc(Br)cc3)nn2)cc1. The molecule has 0 saturated carbocycles. The van der Waals surface area contributed by atoms with Gasteiger partial charge in [-0.2, -0.15) is 0 Å². The van der Waals surface area contributed by atoms with Gasteiger partial charge in [-0.1, -0.05) is 60.7 Å². The molecule has 1 aromatic heterocycles. The highest BCUT2D eigenvalue weighted by atomic mass is 79.9. The Morgan fingerprint density at radius 3 is 2.19 bits per heavy atom. The summed E-state index contributed by atoms with van der Waals surface area (Å²) in [5.41, 5.74) is 2.68. The average Bonchev–Trinajstić information content (AvgIpc) is 2.72. The van der Waals surface area contributed by atoms with E-state index in [1.165, 1.54) is 25.7 Å². The zero-order valence-corrected chi connectivity index (χ0v) is 17.2. The summed E-state index contributed by atoms with van der Waals surface area (Å²) in [6.07, 6.45) is 7.97. The Kier molecular flexibility index (Phi) is 7.34. The molecule has 0 spiro atoms. The van der Waals surface area contributed by atoms with E-state index in [2.05, 4.69) is 38.0 Å². The van der Waals surface area contributed by atoms with Gasteiger partial charge in [-0.05, 0) is 42.8 Å². The summed E-state index contributed by atoms with van der Waals surface area (Å²) in [7, 11) is 0. The van der Waals surface area contributed by atoms with Crippen LogP contribution in [0.3, 0.4) is 0 Å².